The van der Waals surface area contributed by atoms with Crippen LogP contribution in [0, 0.1) is 13.8 Å². The molecule has 0 aliphatic rings. The number of halogens is 1. The normalized spacial score (nSPS) is 11.5. The maximum absolute atomic E-state index is 13.0. The van der Waals surface area contributed by atoms with Crippen LogP contribution >= 0.6 is 11.6 Å². The molecule has 0 unspecified atom stereocenters. The van der Waals surface area contributed by atoms with Crippen LogP contribution in [-0.2, 0) is 16.6 Å². The molecular formula is C23H23ClN2O3S. The Morgan fingerprint density at radius 1 is 0.967 bits per heavy atom. The van der Waals surface area contributed by atoms with Gasteiger partial charge in [0.15, 0.2) is 0 Å². The first-order chi connectivity index (χ1) is 14.2. The summed E-state index contributed by atoms with van der Waals surface area (Å²) in [4.78, 5) is 12.9. The number of anilines is 1. The van der Waals surface area contributed by atoms with E-state index in [2.05, 4.69) is 5.32 Å². The number of rotatable bonds is 6. The molecule has 0 saturated carbocycles. The maximum atomic E-state index is 13.0. The highest BCUT2D eigenvalue weighted by atomic mass is 35.5. The van der Waals surface area contributed by atoms with Crippen molar-refractivity contribution in [1.29, 1.82) is 0 Å². The van der Waals surface area contributed by atoms with E-state index >= 15 is 0 Å². The minimum Gasteiger partial charge on any atom is -0.321 e. The molecule has 3 rings (SSSR count). The first-order valence-electron chi connectivity index (χ1n) is 9.37. The van der Waals surface area contributed by atoms with E-state index in [-0.39, 0.29) is 22.0 Å². The second-order valence-corrected chi connectivity index (χ2v) is 9.56. The summed E-state index contributed by atoms with van der Waals surface area (Å²) in [6.45, 7) is 4.00. The van der Waals surface area contributed by atoms with Gasteiger partial charge in [-0.3, -0.25) is 4.79 Å². The fourth-order valence-corrected chi connectivity index (χ4v) is 4.53. The molecule has 7 heteroatoms. The summed E-state index contributed by atoms with van der Waals surface area (Å²) in [7, 11) is -2.30. The van der Waals surface area contributed by atoms with Gasteiger partial charge in [0.2, 0.25) is 10.0 Å². The standard InChI is InChI=1S/C23H23ClN2O3S/c1-16-8-7-9-17(2)22(16)25-23(27)20-14-19(12-13-21(20)24)30(28,29)26(3)15-18-10-5-4-6-11-18/h4-14H,15H2,1-3H3,(H,25,27). The maximum Gasteiger partial charge on any atom is 0.257 e. The van der Waals surface area contributed by atoms with Gasteiger partial charge in [0.1, 0.15) is 0 Å². The highest BCUT2D eigenvalue weighted by Gasteiger charge is 2.24. The van der Waals surface area contributed by atoms with Crippen LogP contribution in [0.5, 0.6) is 0 Å². The summed E-state index contributed by atoms with van der Waals surface area (Å²) >= 11 is 6.23. The Kier molecular flexibility index (Phi) is 6.61. The van der Waals surface area contributed by atoms with Crippen LogP contribution in [0.25, 0.3) is 0 Å². The average Bonchev–Trinajstić information content (AvgIpc) is 2.71. The van der Waals surface area contributed by atoms with Gasteiger partial charge in [-0.2, -0.15) is 4.31 Å². The van der Waals surface area contributed by atoms with Crippen LogP contribution in [0.2, 0.25) is 5.02 Å². The smallest absolute Gasteiger partial charge is 0.257 e. The number of nitrogens with zero attached hydrogens (tertiary/aromatic N) is 1. The van der Waals surface area contributed by atoms with Crippen molar-refractivity contribution in [2.75, 3.05) is 12.4 Å². The summed E-state index contributed by atoms with van der Waals surface area (Å²) in [5.74, 6) is -0.458. The van der Waals surface area contributed by atoms with Crippen LogP contribution in [0.15, 0.2) is 71.6 Å². The van der Waals surface area contributed by atoms with E-state index < -0.39 is 15.9 Å². The molecule has 0 fully saturated rings. The molecule has 0 aromatic heterocycles. The predicted octanol–water partition coefficient (Wildman–Crippen LogP) is 5.03. The van der Waals surface area contributed by atoms with Crippen LogP contribution in [-0.4, -0.2) is 25.7 Å². The molecule has 0 aliphatic carbocycles. The van der Waals surface area contributed by atoms with Crippen LogP contribution in [0.3, 0.4) is 0 Å². The van der Waals surface area contributed by atoms with Gasteiger partial charge >= 0.3 is 0 Å². The molecule has 5 nitrogen and oxygen atoms in total. The lowest BCUT2D eigenvalue weighted by Gasteiger charge is -2.18. The predicted molar refractivity (Wildman–Crippen MR) is 120 cm³/mol. The lowest BCUT2D eigenvalue weighted by atomic mass is 10.1. The third-order valence-electron chi connectivity index (χ3n) is 4.86. The molecule has 0 radical (unpaired) electrons. The molecule has 30 heavy (non-hydrogen) atoms. The molecule has 0 spiro atoms. The number of sulfonamides is 1. The van der Waals surface area contributed by atoms with Crippen molar-refractivity contribution < 1.29 is 13.2 Å². The molecule has 0 bridgehead atoms. The van der Waals surface area contributed by atoms with E-state index in [0.29, 0.717) is 5.69 Å². The largest absolute Gasteiger partial charge is 0.321 e. The van der Waals surface area contributed by atoms with Crippen molar-refractivity contribution in [3.8, 4) is 0 Å². The zero-order valence-electron chi connectivity index (χ0n) is 17.0. The Morgan fingerprint density at radius 2 is 1.60 bits per heavy atom. The highest BCUT2D eigenvalue weighted by molar-refractivity contribution is 7.89. The molecule has 0 atom stereocenters. The van der Waals surface area contributed by atoms with E-state index in [9.17, 15) is 13.2 Å². The molecule has 1 N–H and O–H groups in total. The SMILES string of the molecule is Cc1cccc(C)c1NC(=O)c1cc(S(=O)(=O)N(C)Cc2ccccc2)ccc1Cl. The topological polar surface area (TPSA) is 66.5 Å². The number of hydrogen-bond acceptors (Lipinski definition) is 3. The molecule has 0 saturated heterocycles. The summed E-state index contributed by atoms with van der Waals surface area (Å²) in [6.07, 6.45) is 0. The van der Waals surface area contributed by atoms with Gasteiger partial charge in [0, 0.05) is 19.3 Å². The molecule has 3 aromatic rings. The van der Waals surface area contributed by atoms with Crippen molar-refractivity contribution in [2.24, 2.45) is 0 Å². The van der Waals surface area contributed by atoms with Gasteiger partial charge in [-0.1, -0.05) is 60.1 Å². The quantitative estimate of drug-likeness (QED) is 0.582. The number of amides is 1. The summed E-state index contributed by atoms with van der Waals surface area (Å²) in [5.41, 5.74) is 3.48. The third-order valence-corrected chi connectivity index (χ3v) is 6.99. The second kappa shape index (κ2) is 9.00. The monoisotopic (exact) mass is 442 g/mol. The van der Waals surface area contributed by atoms with Crippen LogP contribution < -0.4 is 5.32 Å². The van der Waals surface area contributed by atoms with Crippen molar-refractivity contribution in [3.05, 3.63) is 94.0 Å². The van der Waals surface area contributed by atoms with Gasteiger partial charge in [-0.15, -0.1) is 0 Å². The third kappa shape index (κ3) is 4.73. The second-order valence-electron chi connectivity index (χ2n) is 7.11. The Labute approximate surface area is 182 Å². The molecule has 0 aliphatic heterocycles. The fraction of sp³-hybridized carbons (Fsp3) is 0.174. The fourth-order valence-electron chi connectivity index (χ4n) is 3.14. The Balaban J connectivity index is 1.89. The van der Waals surface area contributed by atoms with E-state index in [1.54, 1.807) is 0 Å². The van der Waals surface area contributed by atoms with E-state index in [1.807, 2.05) is 62.4 Å². The zero-order valence-corrected chi connectivity index (χ0v) is 18.6. The minimum absolute atomic E-state index is 0.0111. The van der Waals surface area contributed by atoms with Gasteiger partial charge < -0.3 is 5.32 Å². The number of para-hydroxylation sites is 1. The van der Waals surface area contributed by atoms with Crippen molar-refractivity contribution in [3.63, 3.8) is 0 Å². The number of aryl methyl sites for hydroxylation is 2. The first kappa shape index (κ1) is 22.0. The average molecular weight is 443 g/mol. The molecular weight excluding hydrogens is 420 g/mol. The van der Waals surface area contributed by atoms with E-state index in [4.69, 9.17) is 11.6 Å². The van der Waals surface area contributed by atoms with E-state index in [1.165, 1.54) is 29.6 Å². The van der Waals surface area contributed by atoms with Gasteiger partial charge in [0.05, 0.1) is 15.5 Å². The number of carbonyl (C=O) groups excluding carboxylic acids is 1. The van der Waals surface area contributed by atoms with Crippen molar-refractivity contribution >= 4 is 33.2 Å². The number of carbonyl (C=O) groups is 1. The Morgan fingerprint density at radius 3 is 2.23 bits per heavy atom. The molecule has 3 aromatic carbocycles. The lowest BCUT2D eigenvalue weighted by Crippen LogP contribution is -2.27. The van der Waals surface area contributed by atoms with E-state index in [0.717, 1.165) is 16.7 Å². The molecule has 1 amide bonds. The summed E-state index contributed by atoms with van der Waals surface area (Å²) in [5, 5.41) is 3.04. The van der Waals surface area contributed by atoms with Gasteiger partial charge in [0.25, 0.3) is 5.91 Å². The molecule has 156 valence electrons. The Bertz CT molecular complexity index is 1160. The number of benzene rings is 3. The van der Waals surface area contributed by atoms with Crippen LogP contribution in [0.4, 0.5) is 5.69 Å². The van der Waals surface area contributed by atoms with Gasteiger partial charge in [-0.25, -0.2) is 8.42 Å². The van der Waals surface area contributed by atoms with Crippen molar-refractivity contribution in [1.82, 2.24) is 4.31 Å². The lowest BCUT2D eigenvalue weighted by molar-refractivity contribution is 0.102. The highest BCUT2D eigenvalue weighted by Crippen LogP contribution is 2.26. The molecule has 0 heterocycles. The number of nitrogens with one attached hydrogen (secondary N) is 1. The van der Waals surface area contributed by atoms with Crippen molar-refractivity contribution in [2.45, 2.75) is 25.3 Å². The Hall–Kier alpha value is -2.67. The zero-order chi connectivity index (χ0) is 21.9. The summed E-state index contributed by atoms with van der Waals surface area (Å²) < 4.78 is 27.3. The van der Waals surface area contributed by atoms with Gasteiger partial charge in [-0.05, 0) is 48.7 Å². The first-order valence-corrected chi connectivity index (χ1v) is 11.2. The van der Waals surface area contributed by atoms with Crippen LogP contribution in [0.1, 0.15) is 27.0 Å². The number of hydrogen-bond donors (Lipinski definition) is 1. The summed E-state index contributed by atoms with van der Waals surface area (Å²) in [6, 6.07) is 19.2. The minimum atomic E-state index is -3.80.